The highest BCUT2D eigenvalue weighted by Gasteiger charge is 2.36. The molecule has 1 aromatic carbocycles. The fourth-order valence-corrected chi connectivity index (χ4v) is 3.97. The van der Waals surface area contributed by atoms with E-state index in [0.29, 0.717) is 38.8 Å². The van der Waals surface area contributed by atoms with Crippen molar-refractivity contribution < 1.29 is 33.0 Å². The van der Waals surface area contributed by atoms with Gasteiger partial charge in [0.15, 0.2) is 0 Å². The number of anilines is 1. The van der Waals surface area contributed by atoms with Crippen molar-refractivity contribution in [2.75, 3.05) is 25.5 Å². The summed E-state index contributed by atoms with van der Waals surface area (Å²) in [7, 11) is 1.30. The van der Waals surface area contributed by atoms with Crippen molar-refractivity contribution >= 4 is 24.2 Å². The van der Waals surface area contributed by atoms with Gasteiger partial charge in [-0.3, -0.25) is 4.90 Å². The summed E-state index contributed by atoms with van der Waals surface area (Å²) in [5.74, 6) is -0.200. The van der Waals surface area contributed by atoms with E-state index in [-0.39, 0.29) is 18.5 Å². The molecule has 2 heterocycles. The zero-order valence-corrected chi connectivity index (χ0v) is 22.4. The SMILES string of the molecule is COC(=O)[C@H](CCCCNC(=O)OCc1ccccc1)Nc1nnc([C@@H]2CCCN2C(=O)OC(C)(C)C)o1. The number of carbonyl (C=O) groups is 3. The van der Waals surface area contributed by atoms with Crippen molar-refractivity contribution in [3.05, 3.63) is 41.8 Å². The van der Waals surface area contributed by atoms with Crippen LogP contribution in [0.5, 0.6) is 0 Å². The van der Waals surface area contributed by atoms with Crippen LogP contribution in [0.25, 0.3) is 0 Å². The second-order valence-corrected chi connectivity index (χ2v) is 9.98. The zero-order chi connectivity index (χ0) is 27.5. The van der Waals surface area contributed by atoms with Gasteiger partial charge in [-0.25, -0.2) is 14.4 Å². The van der Waals surface area contributed by atoms with E-state index in [4.69, 9.17) is 18.6 Å². The van der Waals surface area contributed by atoms with Crippen molar-refractivity contribution in [2.24, 2.45) is 0 Å². The second-order valence-electron chi connectivity index (χ2n) is 9.98. The van der Waals surface area contributed by atoms with Crippen LogP contribution in [0.3, 0.4) is 0 Å². The number of alkyl carbamates (subject to hydrolysis) is 1. The van der Waals surface area contributed by atoms with Gasteiger partial charge in [-0.15, -0.1) is 5.10 Å². The van der Waals surface area contributed by atoms with E-state index in [2.05, 4.69) is 20.8 Å². The molecule has 3 rings (SSSR count). The molecule has 1 aliphatic rings. The number of hydrogen-bond acceptors (Lipinski definition) is 10. The Hall–Kier alpha value is -3.83. The highest BCUT2D eigenvalue weighted by Crippen LogP contribution is 2.33. The first-order valence-electron chi connectivity index (χ1n) is 12.8. The van der Waals surface area contributed by atoms with Crippen LogP contribution in [-0.4, -0.2) is 65.1 Å². The van der Waals surface area contributed by atoms with Gasteiger partial charge >= 0.3 is 24.2 Å². The minimum Gasteiger partial charge on any atom is -0.467 e. The van der Waals surface area contributed by atoms with Crippen LogP contribution in [0.15, 0.2) is 34.7 Å². The monoisotopic (exact) mass is 531 g/mol. The highest BCUT2D eigenvalue weighted by atomic mass is 16.6. The first-order valence-corrected chi connectivity index (χ1v) is 12.8. The molecule has 1 aliphatic heterocycles. The normalized spacial score (nSPS) is 16.0. The van der Waals surface area contributed by atoms with Gasteiger partial charge < -0.3 is 29.3 Å². The summed E-state index contributed by atoms with van der Waals surface area (Å²) in [4.78, 5) is 38.3. The Bertz CT molecular complexity index is 1050. The van der Waals surface area contributed by atoms with Gasteiger partial charge in [-0.1, -0.05) is 35.4 Å². The van der Waals surface area contributed by atoms with Crippen molar-refractivity contribution in [1.29, 1.82) is 0 Å². The molecule has 2 N–H and O–H groups in total. The van der Waals surface area contributed by atoms with Crippen LogP contribution in [0, 0.1) is 0 Å². The number of hydrogen-bond donors (Lipinski definition) is 2. The van der Waals surface area contributed by atoms with Gasteiger partial charge in [0.05, 0.1) is 7.11 Å². The molecule has 0 bridgehead atoms. The van der Waals surface area contributed by atoms with Crippen molar-refractivity contribution in [1.82, 2.24) is 20.4 Å². The predicted octanol–water partition coefficient (Wildman–Crippen LogP) is 4.19. The fourth-order valence-electron chi connectivity index (χ4n) is 3.97. The molecule has 38 heavy (non-hydrogen) atoms. The van der Waals surface area contributed by atoms with Gasteiger partial charge in [0.2, 0.25) is 5.89 Å². The van der Waals surface area contributed by atoms with E-state index in [1.807, 2.05) is 51.1 Å². The minimum atomic E-state index is -0.719. The molecule has 2 amide bonds. The third-order valence-electron chi connectivity index (χ3n) is 5.79. The maximum atomic E-state index is 12.6. The molecule has 0 spiro atoms. The molecule has 2 aromatic rings. The van der Waals surface area contributed by atoms with E-state index < -0.39 is 35.8 Å². The standard InChI is InChI=1S/C26H37N5O7/c1-26(2,3)38-25(34)31-16-10-14-20(31)21-29-30-23(37-21)28-19(22(32)35-4)13-8-9-15-27-24(33)36-17-18-11-6-5-7-12-18/h5-7,11-12,19-20H,8-10,13-17H2,1-4H3,(H,27,33)(H,28,30)/t19-,20-/m0/s1. The third-order valence-corrected chi connectivity index (χ3v) is 5.79. The molecule has 0 radical (unpaired) electrons. The number of ether oxygens (including phenoxy) is 3. The number of carbonyl (C=O) groups excluding carboxylic acids is 3. The number of aromatic nitrogens is 2. The zero-order valence-electron chi connectivity index (χ0n) is 22.4. The number of unbranched alkanes of at least 4 members (excludes halogenated alkanes) is 1. The Balaban J connectivity index is 1.45. The van der Waals surface area contributed by atoms with Crippen LogP contribution in [0.4, 0.5) is 15.6 Å². The Labute approximate surface area is 222 Å². The largest absolute Gasteiger partial charge is 0.467 e. The van der Waals surface area contributed by atoms with Crippen LogP contribution >= 0.6 is 0 Å². The van der Waals surface area contributed by atoms with E-state index >= 15 is 0 Å². The van der Waals surface area contributed by atoms with Crippen LogP contribution in [0.2, 0.25) is 0 Å². The van der Waals surface area contributed by atoms with Crippen molar-refractivity contribution in [3.63, 3.8) is 0 Å². The van der Waals surface area contributed by atoms with Crippen LogP contribution in [0.1, 0.15) is 70.4 Å². The maximum Gasteiger partial charge on any atom is 0.410 e. The lowest BCUT2D eigenvalue weighted by Gasteiger charge is -2.27. The quantitative estimate of drug-likeness (QED) is 0.246. The lowest BCUT2D eigenvalue weighted by Crippen LogP contribution is -2.36. The van der Waals surface area contributed by atoms with Crippen molar-refractivity contribution in [3.8, 4) is 0 Å². The fraction of sp³-hybridized carbons (Fsp3) is 0.577. The lowest BCUT2D eigenvalue weighted by atomic mass is 10.1. The first kappa shape index (κ1) is 28.7. The number of methoxy groups -OCH3 is 1. The summed E-state index contributed by atoms with van der Waals surface area (Å²) in [6.45, 7) is 6.56. The number of nitrogens with zero attached hydrogens (tertiary/aromatic N) is 3. The second kappa shape index (κ2) is 13.6. The Morgan fingerprint density at radius 1 is 1.16 bits per heavy atom. The van der Waals surface area contributed by atoms with Gasteiger partial charge in [0.1, 0.15) is 24.3 Å². The molecule has 12 heteroatoms. The third kappa shape index (κ3) is 8.93. The van der Waals surface area contributed by atoms with Gasteiger partial charge in [0.25, 0.3) is 0 Å². The molecule has 1 aromatic heterocycles. The number of nitrogens with one attached hydrogen (secondary N) is 2. The Morgan fingerprint density at radius 2 is 1.92 bits per heavy atom. The van der Waals surface area contributed by atoms with Gasteiger partial charge in [0, 0.05) is 13.1 Å². The van der Waals surface area contributed by atoms with Gasteiger partial charge in [-0.2, -0.15) is 0 Å². The molecule has 0 unspecified atom stereocenters. The average Bonchev–Trinajstić information content (AvgIpc) is 3.55. The predicted molar refractivity (Wildman–Crippen MR) is 137 cm³/mol. The summed E-state index contributed by atoms with van der Waals surface area (Å²) in [6, 6.07) is 8.37. The highest BCUT2D eigenvalue weighted by molar-refractivity contribution is 5.78. The first-order chi connectivity index (χ1) is 18.2. The van der Waals surface area contributed by atoms with Crippen LogP contribution < -0.4 is 10.6 Å². The lowest BCUT2D eigenvalue weighted by molar-refractivity contribution is -0.141. The van der Waals surface area contributed by atoms with E-state index in [1.165, 1.54) is 7.11 Å². The van der Waals surface area contributed by atoms with Crippen molar-refractivity contribution in [2.45, 2.75) is 77.2 Å². The van der Waals surface area contributed by atoms with Crippen LogP contribution in [-0.2, 0) is 25.6 Å². The number of esters is 1. The number of benzene rings is 1. The van der Waals surface area contributed by atoms with E-state index in [1.54, 1.807) is 4.90 Å². The Kier molecular flexibility index (Phi) is 10.3. The topological polar surface area (TPSA) is 145 Å². The molecule has 12 nitrogen and oxygen atoms in total. The molecular weight excluding hydrogens is 494 g/mol. The summed E-state index contributed by atoms with van der Waals surface area (Å²) in [6.07, 6.45) is 2.17. The maximum absolute atomic E-state index is 12.6. The molecule has 1 fully saturated rings. The molecule has 208 valence electrons. The number of amides is 2. The summed E-state index contributed by atoms with van der Waals surface area (Å²) < 4.78 is 21.3. The van der Waals surface area contributed by atoms with Gasteiger partial charge in [-0.05, 0) is 58.4 Å². The van der Waals surface area contributed by atoms with E-state index in [9.17, 15) is 14.4 Å². The summed E-state index contributed by atoms with van der Waals surface area (Å²) >= 11 is 0. The molecule has 1 saturated heterocycles. The number of likely N-dealkylation sites (tertiary alicyclic amines) is 1. The average molecular weight is 532 g/mol. The van der Waals surface area contributed by atoms with E-state index in [0.717, 1.165) is 12.0 Å². The minimum absolute atomic E-state index is 0.0639. The molecule has 2 atom stereocenters. The number of rotatable bonds is 11. The molecule has 0 saturated carbocycles. The smallest absolute Gasteiger partial charge is 0.410 e. The summed E-state index contributed by atoms with van der Waals surface area (Å²) in [5, 5.41) is 13.7. The Morgan fingerprint density at radius 3 is 2.63 bits per heavy atom. The summed E-state index contributed by atoms with van der Waals surface area (Å²) in [5.41, 5.74) is 0.293. The molecular formula is C26H37N5O7. The molecule has 0 aliphatic carbocycles.